The van der Waals surface area contributed by atoms with Gasteiger partial charge in [-0.3, -0.25) is 0 Å². The molecule has 0 aliphatic carbocycles. The maximum Gasteiger partial charge on any atom is 0.262 e. The van der Waals surface area contributed by atoms with E-state index in [0.29, 0.717) is 18.2 Å². The second-order valence-corrected chi connectivity index (χ2v) is 7.46. The lowest BCUT2D eigenvalue weighted by molar-refractivity contribution is 0.388. The fourth-order valence-electron chi connectivity index (χ4n) is 2.86. The van der Waals surface area contributed by atoms with E-state index >= 15 is 0 Å². The summed E-state index contributed by atoms with van der Waals surface area (Å²) in [7, 11) is -0.0962. The van der Waals surface area contributed by atoms with Crippen molar-refractivity contribution in [3.05, 3.63) is 30.1 Å². The van der Waals surface area contributed by atoms with E-state index in [0.717, 1.165) is 18.5 Å². The summed E-state index contributed by atoms with van der Waals surface area (Å²) in [6, 6.07) is 1.53. The first-order valence-corrected chi connectivity index (χ1v) is 8.89. The van der Waals surface area contributed by atoms with Crippen LogP contribution in [0, 0.1) is 6.92 Å². The van der Waals surface area contributed by atoms with Crippen LogP contribution >= 0.6 is 0 Å². The summed E-state index contributed by atoms with van der Waals surface area (Å²) in [6.07, 6.45) is 4.56. The predicted molar refractivity (Wildman–Crippen MR) is 85.4 cm³/mol. The van der Waals surface area contributed by atoms with Gasteiger partial charge in [-0.25, -0.2) is 23.4 Å². The molecule has 1 saturated heterocycles. The molecule has 1 N–H and O–H groups in total. The minimum absolute atomic E-state index is 0.0755. The summed E-state index contributed by atoms with van der Waals surface area (Å²) < 4.78 is 28.9. The number of hydrogen-bond acceptors (Lipinski definition) is 6. The van der Waals surface area contributed by atoms with Gasteiger partial charge in [-0.05, 0) is 19.8 Å². The molecule has 9 heteroatoms. The van der Waals surface area contributed by atoms with Crippen molar-refractivity contribution < 1.29 is 8.42 Å². The molecule has 124 valence electrons. The smallest absolute Gasteiger partial charge is 0.262 e. The van der Waals surface area contributed by atoms with Gasteiger partial charge in [0.05, 0.1) is 18.1 Å². The summed E-state index contributed by atoms with van der Waals surface area (Å²) in [5.74, 6) is 1.31. The van der Waals surface area contributed by atoms with Gasteiger partial charge in [0, 0.05) is 32.9 Å². The molecule has 0 unspecified atom stereocenters. The molecule has 0 spiro atoms. The second kappa shape index (κ2) is 5.89. The molecule has 1 atom stereocenters. The Morgan fingerprint density at radius 3 is 2.78 bits per heavy atom. The topological polar surface area (TPSA) is 93.0 Å². The Morgan fingerprint density at radius 1 is 1.35 bits per heavy atom. The third-order valence-electron chi connectivity index (χ3n) is 3.91. The number of nitrogens with one attached hydrogen (secondary N) is 1. The Hall–Kier alpha value is -2.00. The highest BCUT2D eigenvalue weighted by Gasteiger charge is 2.38. The number of sulfonamides is 1. The van der Waals surface area contributed by atoms with E-state index in [9.17, 15) is 8.42 Å². The monoisotopic (exact) mass is 336 g/mol. The van der Waals surface area contributed by atoms with Gasteiger partial charge in [0.15, 0.2) is 5.03 Å². The van der Waals surface area contributed by atoms with Crippen molar-refractivity contribution in [2.45, 2.75) is 30.8 Å². The normalized spacial score (nSPS) is 19.2. The molecule has 8 nitrogen and oxygen atoms in total. The maximum atomic E-state index is 12.9. The third kappa shape index (κ3) is 2.93. The lowest BCUT2D eigenvalue weighted by atomic mass is 10.1. The summed E-state index contributed by atoms with van der Waals surface area (Å²) in [5.41, 5.74) is 0.721. The van der Waals surface area contributed by atoms with E-state index in [1.54, 1.807) is 25.6 Å². The number of anilines is 1. The summed E-state index contributed by atoms with van der Waals surface area (Å²) in [5, 5.41) is 3.06. The van der Waals surface area contributed by atoms with Crippen LogP contribution in [0.15, 0.2) is 23.6 Å². The van der Waals surface area contributed by atoms with Crippen LogP contribution in [0.25, 0.3) is 0 Å². The number of aromatic nitrogens is 4. The van der Waals surface area contributed by atoms with Gasteiger partial charge in [-0.1, -0.05) is 0 Å². The van der Waals surface area contributed by atoms with Crippen molar-refractivity contribution in [1.29, 1.82) is 0 Å². The van der Waals surface area contributed by atoms with Crippen molar-refractivity contribution in [3.63, 3.8) is 0 Å². The SMILES string of the molecule is CNc1cc([C@H]2CCCN2S(=O)(=O)c2cn(C)cn2)nc(C)n1. The Kier molecular flexibility index (Phi) is 4.07. The minimum atomic E-state index is -3.63. The highest BCUT2D eigenvalue weighted by atomic mass is 32.2. The number of rotatable bonds is 4. The van der Waals surface area contributed by atoms with Crippen LogP contribution in [0.5, 0.6) is 0 Å². The first-order chi connectivity index (χ1) is 10.9. The first-order valence-electron chi connectivity index (χ1n) is 7.45. The second-order valence-electron chi connectivity index (χ2n) is 5.63. The van der Waals surface area contributed by atoms with E-state index in [1.807, 2.05) is 6.07 Å². The van der Waals surface area contributed by atoms with Gasteiger partial charge in [-0.15, -0.1) is 0 Å². The highest BCUT2D eigenvalue weighted by Crippen LogP contribution is 2.35. The zero-order chi connectivity index (χ0) is 16.6. The lowest BCUT2D eigenvalue weighted by Gasteiger charge is -2.23. The molecule has 0 saturated carbocycles. The van der Waals surface area contributed by atoms with Crippen LogP contribution in [-0.2, 0) is 17.1 Å². The molecular formula is C14H20N6O2S. The van der Waals surface area contributed by atoms with Crippen LogP contribution < -0.4 is 5.32 Å². The predicted octanol–water partition coefficient (Wildman–Crippen LogP) is 1.09. The number of hydrogen-bond donors (Lipinski definition) is 1. The molecule has 0 radical (unpaired) electrons. The number of aryl methyl sites for hydroxylation is 2. The average Bonchev–Trinajstić information content (AvgIpc) is 3.15. The highest BCUT2D eigenvalue weighted by molar-refractivity contribution is 7.89. The number of imidazole rings is 1. The van der Waals surface area contributed by atoms with E-state index < -0.39 is 10.0 Å². The fourth-order valence-corrected chi connectivity index (χ4v) is 4.49. The Bertz CT molecular complexity index is 816. The van der Waals surface area contributed by atoms with E-state index in [4.69, 9.17) is 0 Å². The van der Waals surface area contributed by atoms with Crippen LogP contribution in [0.4, 0.5) is 5.82 Å². The van der Waals surface area contributed by atoms with Gasteiger partial charge in [0.1, 0.15) is 11.6 Å². The third-order valence-corrected chi connectivity index (χ3v) is 5.71. The average molecular weight is 336 g/mol. The Morgan fingerprint density at radius 2 is 2.13 bits per heavy atom. The Balaban J connectivity index is 1.99. The maximum absolute atomic E-state index is 12.9. The van der Waals surface area contributed by atoms with E-state index in [-0.39, 0.29) is 11.1 Å². The standard InChI is InChI=1S/C14H20N6O2S/c1-10-17-11(7-13(15-2)18-10)12-5-4-6-20(12)23(21,22)14-8-19(3)9-16-14/h7-9,12H,4-6H2,1-3H3,(H,15,17,18)/t12-/m1/s1. The molecule has 0 bridgehead atoms. The van der Waals surface area contributed by atoms with Crippen LogP contribution in [-0.4, -0.2) is 45.8 Å². The van der Waals surface area contributed by atoms with Crippen LogP contribution in [0.1, 0.15) is 30.4 Å². The summed E-state index contributed by atoms with van der Waals surface area (Å²) in [4.78, 5) is 12.7. The molecule has 1 aliphatic rings. The van der Waals surface area contributed by atoms with Gasteiger partial charge < -0.3 is 9.88 Å². The molecule has 1 aliphatic heterocycles. The zero-order valence-electron chi connectivity index (χ0n) is 13.4. The quantitative estimate of drug-likeness (QED) is 0.898. The molecule has 1 fully saturated rings. The molecule has 0 amide bonds. The van der Waals surface area contributed by atoms with Crippen molar-refractivity contribution >= 4 is 15.8 Å². The molecule has 0 aromatic carbocycles. The molecular weight excluding hydrogens is 316 g/mol. The van der Waals surface area contributed by atoms with Crippen molar-refractivity contribution in [1.82, 2.24) is 23.8 Å². The molecule has 2 aromatic rings. The van der Waals surface area contributed by atoms with Crippen molar-refractivity contribution in [3.8, 4) is 0 Å². The van der Waals surface area contributed by atoms with Gasteiger partial charge in [-0.2, -0.15) is 4.31 Å². The molecule has 2 aromatic heterocycles. The van der Waals surface area contributed by atoms with Crippen molar-refractivity contribution in [2.24, 2.45) is 7.05 Å². The van der Waals surface area contributed by atoms with E-state index in [2.05, 4.69) is 20.3 Å². The largest absolute Gasteiger partial charge is 0.373 e. The fraction of sp³-hybridized carbons (Fsp3) is 0.500. The van der Waals surface area contributed by atoms with Gasteiger partial charge in [0.25, 0.3) is 10.0 Å². The van der Waals surface area contributed by atoms with Gasteiger partial charge >= 0.3 is 0 Å². The summed E-state index contributed by atoms with van der Waals surface area (Å²) in [6.45, 7) is 2.28. The van der Waals surface area contributed by atoms with Crippen LogP contribution in [0.2, 0.25) is 0 Å². The van der Waals surface area contributed by atoms with Gasteiger partial charge in [0.2, 0.25) is 0 Å². The lowest BCUT2D eigenvalue weighted by Crippen LogP contribution is -2.31. The van der Waals surface area contributed by atoms with Crippen molar-refractivity contribution in [2.75, 3.05) is 18.9 Å². The molecule has 23 heavy (non-hydrogen) atoms. The minimum Gasteiger partial charge on any atom is -0.373 e. The van der Waals surface area contributed by atoms with E-state index in [1.165, 1.54) is 16.8 Å². The Labute approximate surface area is 135 Å². The molecule has 3 heterocycles. The summed E-state index contributed by atoms with van der Waals surface area (Å²) >= 11 is 0. The number of nitrogens with zero attached hydrogens (tertiary/aromatic N) is 5. The molecule has 3 rings (SSSR count). The zero-order valence-corrected chi connectivity index (χ0v) is 14.2. The van der Waals surface area contributed by atoms with Crippen LogP contribution in [0.3, 0.4) is 0 Å². The first kappa shape index (κ1) is 15.9.